The summed E-state index contributed by atoms with van der Waals surface area (Å²) in [7, 11) is 0. The van der Waals surface area contributed by atoms with Crippen LogP contribution in [0.3, 0.4) is 0 Å². The molecule has 0 spiro atoms. The summed E-state index contributed by atoms with van der Waals surface area (Å²) in [5.41, 5.74) is 4.46. The Labute approximate surface area is 143 Å². The maximum atomic E-state index is 11.5. The number of hydrogen-bond donors (Lipinski definition) is 0. The molecule has 1 atom stereocenters. The Morgan fingerprint density at radius 1 is 1.09 bits per heavy atom. The van der Waals surface area contributed by atoms with Crippen LogP contribution in [-0.2, 0) is 11.2 Å². The first-order chi connectivity index (χ1) is 11.1. The fourth-order valence-electron chi connectivity index (χ4n) is 2.35. The molecule has 116 valence electrons. The Balaban J connectivity index is 2.16. The van der Waals surface area contributed by atoms with E-state index in [9.17, 15) is 4.55 Å². The molecule has 0 aliphatic carbocycles. The maximum absolute atomic E-state index is 11.5. The zero-order valence-electron chi connectivity index (χ0n) is 12.8. The summed E-state index contributed by atoms with van der Waals surface area (Å²) in [6, 6.07) is 13.4. The molecule has 1 unspecified atom stereocenters. The number of pyridine rings is 2. The van der Waals surface area contributed by atoms with Gasteiger partial charge in [-0.3, -0.25) is 9.97 Å². The molecule has 3 nitrogen and oxygen atoms in total. The normalized spacial score (nSPS) is 12.2. The molecule has 3 rings (SSSR count). The number of halogens is 1. The van der Waals surface area contributed by atoms with Crippen LogP contribution < -0.4 is 0 Å². The van der Waals surface area contributed by atoms with Crippen LogP contribution in [0, 0.1) is 6.92 Å². The van der Waals surface area contributed by atoms with Crippen molar-refractivity contribution in [1.82, 2.24) is 9.97 Å². The zero-order chi connectivity index (χ0) is 16.4. The monoisotopic (exact) mass is 342 g/mol. The number of benzene rings is 1. The van der Waals surface area contributed by atoms with E-state index < -0.39 is 11.2 Å². The smallest absolute Gasteiger partial charge is 0.152 e. The molecule has 0 aliphatic heterocycles. The van der Waals surface area contributed by atoms with Gasteiger partial charge in [0.25, 0.3) is 0 Å². The summed E-state index contributed by atoms with van der Waals surface area (Å²) in [5.74, 6) is 0. The molecule has 2 heterocycles. The third-order valence-electron chi connectivity index (χ3n) is 3.58. The van der Waals surface area contributed by atoms with Crippen LogP contribution in [0.5, 0.6) is 0 Å². The van der Waals surface area contributed by atoms with Crippen LogP contribution in [0.25, 0.3) is 22.4 Å². The lowest BCUT2D eigenvalue weighted by Crippen LogP contribution is -1.97. The standard InChI is InChI=1S/C18H15ClN2OS/c1-12-17(19)10-16(13-5-7-15(8-6-13)23(2)22)18(21-12)14-4-3-9-20-11-14/h3-11H,1-2H3. The molecular weight excluding hydrogens is 328 g/mol. The molecule has 5 heteroatoms. The third kappa shape index (κ3) is 3.39. The molecule has 0 amide bonds. The van der Waals surface area contributed by atoms with Crippen molar-refractivity contribution >= 4 is 22.8 Å². The van der Waals surface area contributed by atoms with Crippen LogP contribution in [0.15, 0.2) is 59.8 Å². The largest absolute Gasteiger partial charge is 0.612 e. The fraction of sp³-hybridized carbons (Fsp3) is 0.111. The second-order valence-corrected chi connectivity index (χ2v) is 6.96. The summed E-state index contributed by atoms with van der Waals surface area (Å²) in [5, 5.41) is 0.621. The first kappa shape index (κ1) is 16.0. The Kier molecular flexibility index (Phi) is 4.66. The van der Waals surface area contributed by atoms with E-state index in [1.807, 2.05) is 49.4 Å². The van der Waals surface area contributed by atoms with E-state index in [-0.39, 0.29) is 0 Å². The number of hydrogen-bond acceptors (Lipinski definition) is 3. The highest BCUT2D eigenvalue weighted by Crippen LogP contribution is 2.33. The van der Waals surface area contributed by atoms with E-state index in [0.29, 0.717) is 5.02 Å². The van der Waals surface area contributed by atoms with Gasteiger partial charge in [0.1, 0.15) is 6.26 Å². The zero-order valence-corrected chi connectivity index (χ0v) is 14.4. The molecule has 0 saturated carbocycles. The summed E-state index contributed by atoms with van der Waals surface area (Å²) in [6.45, 7) is 1.88. The highest BCUT2D eigenvalue weighted by molar-refractivity contribution is 7.90. The van der Waals surface area contributed by atoms with E-state index in [1.54, 1.807) is 18.6 Å². The van der Waals surface area contributed by atoms with E-state index >= 15 is 0 Å². The van der Waals surface area contributed by atoms with E-state index in [1.165, 1.54) is 0 Å². The van der Waals surface area contributed by atoms with Gasteiger partial charge >= 0.3 is 0 Å². The lowest BCUT2D eigenvalue weighted by Gasteiger charge is -2.12. The first-order valence-electron chi connectivity index (χ1n) is 7.07. The summed E-state index contributed by atoms with van der Waals surface area (Å²) >= 11 is 5.28. The van der Waals surface area contributed by atoms with Gasteiger partial charge in [0.2, 0.25) is 0 Å². The molecule has 1 aromatic carbocycles. The predicted octanol–water partition coefficient (Wildman–Crippen LogP) is 4.51. The Morgan fingerprint density at radius 2 is 1.83 bits per heavy atom. The topological polar surface area (TPSA) is 48.8 Å². The van der Waals surface area contributed by atoms with E-state index in [2.05, 4.69) is 9.97 Å². The maximum Gasteiger partial charge on any atom is 0.152 e. The molecule has 0 fully saturated rings. The fourth-order valence-corrected chi connectivity index (χ4v) is 3.02. The van der Waals surface area contributed by atoms with Crippen LogP contribution in [0.2, 0.25) is 5.02 Å². The lowest BCUT2D eigenvalue weighted by atomic mass is 10.00. The first-order valence-corrected chi connectivity index (χ1v) is 9.01. The minimum absolute atomic E-state index is 0.621. The van der Waals surface area contributed by atoms with Gasteiger partial charge in [-0.25, -0.2) is 0 Å². The Morgan fingerprint density at radius 3 is 2.43 bits per heavy atom. The van der Waals surface area contributed by atoms with Gasteiger partial charge in [0, 0.05) is 23.5 Å². The van der Waals surface area contributed by atoms with Crippen molar-refractivity contribution in [3.05, 3.63) is 65.6 Å². The summed E-state index contributed by atoms with van der Waals surface area (Å²) in [6.07, 6.45) is 5.19. The number of rotatable bonds is 3. The number of nitrogens with zero attached hydrogens (tertiary/aromatic N) is 2. The van der Waals surface area contributed by atoms with Crippen molar-refractivity contribution < 1.29 is 4.55 Å². The van der Waals surface area contributed by atoms with Gasteiger partial charge in [0.15, 0.2) is 4.90 Å². The van der Waals surface area contributed by atoms with Crippen molar-refractivity contribution in [1.29, 1.82) is 0 Å². The van der Waals surface area contributed by atoms with Gasteiger partial charge in [-0.1, -0.05) is 11.6 Å². The van der Waals surface area contributed by atoms with E-state index in [0.717, 1.165) is 33.0 Å². The molecule has 0 N–H and O–H groups in total. The highest BCUT2D eigenvalue weighted by Gasteiger charge is 2.13. The van der Waals surface area contributed by atoms with Crippen LogP contribution in [0.4, 0.5) is 0 Å². The van der Waals surface area contributed by atoms with Gasteiger partial charge in [-0.05, 0) is 66.1 Å². The molecule has 0 saturated heterocycles. The molecular formula is C18H15ClN2OS. The molecule has 3 aromatic rings. The Hall–Kier alpha value is -1.88. The average Bonchev–Trinajstić information content (AvgIpc) is 2.58. The highest BCUT2D eigenvalue weighted by atomic mass is 35.5. The minimum Gasteiger partial charge on any atom is -0.612 e. The molecule has 0 bridgehead atoms. The Bertz CT molecular complexity index is 820. The average molecular weight is 343 g/mol. The van der Waals surface area contributed by atoms with Gasteiger partial charge < -0.3 is 4.55 Å². The molecule has 2 aromatic heterocycles. The van der Waals surface area contributed by atoms with Crippen LogP contribution in [0.1, 0.15) is 5.69 Å². The predicted molar refractivity (Wildman–Crippen MR) is 95.0 cm³/mol. The molecule has 0 aliphatic rings. The minimum atomic E-state index is -0.995. The molecule has 0 radical (unpaired) electrons. The van der Waals surface area contributed by atoms with E-state index in [4.69, 9.17) is 11.6 Å². The summed E-state index contributed by atoms with van der Waals surface area (Å²) < 4.78 is 11.5. The summed E-state index contributed by atoms with van der Waals surface area (Å²) in [4.78, 5) is 9.61. The quantitative estimate of drug-likeness (QED) is 0.658. The van der Waals surface area contributed by atoms with Crippen LogP contribution in [-0.4, -0.2) is 20.8 Å². The third-order valence-corrected chi connectivity index (χ3v) is 4.90. The van der Waals surface area contributed by atoms with Crippen molar-refractivity contribution in [3.63, 3.8) is 0 Å². The SMILES string of the molecule is Cc1nc(-c2cccnc2)c(-c2ccc([S+](C)[O-])cc2)cc1Cl. The van der Waals surface area contributed by atoms with Gasteiger partial charge in [0.05, 0.1) is 16.4 Å². The molecule has 23 heavy (non-hydrogen) atoms. The second kappa shape index (κ2) is 6.71. The van der Waals surface area contributed by atoms with Crippen molar-refractivity contribution in [2.45, 2.75) is 11.8 Å². The van der Waals surface area contributed by atoms with Crippen molar-refractivity contribution in [2.75, 3.05) is 6.26 Å². The lowest BCUT2D eigenvalue weighted by molar-refractivity contribution is 0.601. The number of aromatic nitrogens is 2. The van der Waals surface area contributed by atoms with Crippen molar-refractivity contribution in [3.8, 4) is 22.4 Å². The number of aryl methyl sites for hydroxylation is 1. The second-order valence-electron chi connectivity index (χ2n) is 5.17. The van der Waals surface area contributed by atoms with Crippen molar-refractivity contribution in [2.24, 2.45) is 0 Å². The van der Waals surface area contributed by atoms with Gasteiger partial charge in [-0.2, -0.15) is 0 Å². The van der Waals surface area contributed by atoms with Crippen LogP contribution >= 0.6 is 11.6 Å². The van der Waals surface area contributed by atoms with Gasteiger partial charge in [-0.15, -0.1) is 0 Å².